The van der Waals surface area contributed by atoms with Gasteiger partial charge in [0.2, 0.25) is 0 Å². The molecule has 0 spiro atoms. The van der Waals surface area contributed by atoms with Crippen molar-refractivity contribution in [3.05, 3.63) is 77.6 Å². The Balaban J connectivity index is 1.34. The molecule has 0 radical (unpaired) electrons. The van der Waals surface area contributed by atoms with Crippen LogP contribution in [-0.4, -0.2) is 58.1 Å². The third-order valence-electron chi connectivity index (χ3n) is 5.85. The van der Waals surface area contributed by atoms with E-state index in [0.29, 0.717) is 56.3 Å². The zero-order valence-electron chi connectivity index (χ0n) is 17.6. The number of hydrogen-bond donors (Lipinski definition) is 1. The molecule has 0 bridgehead atoms. The first-order chi connectivity index (χ1) is 15.7. The highest BCUT2D eigenvalue weighted by Gasteiger charge is 2.37. The molecular weight excluding hydrogens is 409 g/mol. The van der Waals surface area contributed by atoms with Crippen LogP contribution in [0.25, 0.3) is 11.4 Å². The van der Waals surface area contributed by atoms with E-state index in [1.807, 2.05) is 24.3 Å². The average Bonchev–Trinajstić information content (AvgIpc) is 3.63. The summed E-state index contributed by atoms with van der Waals surface area (Å²) in [5.74, 6) is 0.516. The van der Waals surface area contributed by atoms with Gasteiger partial charge in [-0.05, 0) is 42.3 Å². The minimum atomic E-state index is -0.222. The summed E-state index contributed by atoms with van der Waals surface area (Å²) in [5, 5.41) is 3.52. The van der Waals surface area contributed by atoms with Gasteiger partial charge in [-0.2, -0.15) is 0 Å². The van der Waals surface area contributed by atoms with Crippen LogP contribution in [0.2, 0.25) is 0 Å². The summed E-state index contributed by atoms with van der Waals surface area (Å²) < 4.78 is 18.5. The second-order valence-corrected chi connectivity index (χ2v) is 8.10. The van der Waals surface area contributed by atoms with E-state index in [1.165, 1.54) is 12.1 Å². The van der Waals surface area contributed by atoms with E-state index in [0.717, 1.165) is 23.2 Å². The fourth-order valence-corrected chi connectivity index (χ4v) is 3.98. The zero-order chi connectivity index (χ0) is 21.9. The molecule has 1 N–H and O–H groups in total. The summed E-state index contributed by atoms with van der Waals surface area (Å²) in [5.41, 5.74) is 3.02. The molecule has 2 aliphatic rings. The topological polar surface area (TPSA) is 80.2 Å². The number of carbonyl (C=O) groups is 1. The van der Waals surface area contributed by atoms with Crippen molar-refractivity contribution >= 4 is 5.91 Å². The van der Waals surface area contributed by atoms with Crippen LogP contribution >= 0.6 is 0 Å². The molecule has 1 saturated carbocycles. The molecule has 32 heavy (non-hydrogen) atoms. The predicted octanol–water partition coefficient (Wildman–Crippen LogP) is 2.80. The highest BCUT2D eigenvalue weighted by Crippen LogP contribution is 2.40. The Morgan fingerprint density at radius 3 is 2.72 bits per heavy atom. The smallest absolute Gasteiger partial charge is 0.272 e. The Bertz CT molecular complexity index is 1090. The molecule has 164 valence electrons. The fourth-order valence-electron chi connectivity index (χ4n) is 3.98. The molecule has 1 amide bonds. The summed E-state index contributed by atoms with van der Waals surface area (Å²) in [6.07, 6.45) is 4.38. The highest BCUT2D eigenvalue weighted by atomic mass is 19.1. The normalized spacial score (nSPS) is 20.2. The summed E-state index contributed by atoms with van der Waals surface area (Å²) >= 11 is 0. The van der Waals surface area contributed by atoms with Crippen LogP contribution in [0.5, 0.6) is 0 Å². The lowest BCUT2D eigenvalue weighted by Gasteiger charge is -2.26. The maximum Gasteiger partial charge on any atom is 0.272 e. The van der Waals surface area contributed by atoms with E-state index in [4.69, 9.17) is 4.74 Å². The van der Waals surface area contributed by atoms with E-state index in [2.05, 4.69) is 20.3 Å². The molecule has 1 aromatic carbocycles. The number of aromatic nitrogens is 3. The Morgan fingerprint density at radius 1 is 1.16 bits per heavy atom. The number of carbonyl (C=O) groups excluding carboxylic acids is 1. The number of nitrogens with one attached hydrogen (secondary N) is 1. The van der Waals surface area contributed by atoms with Crippen LogP contribution in [0.3, 0.4) is 0 Å². The average molecular weight is 433 g/mol. The largest absolute Gasteiger partial charge is 0.378 e. The summed E-state index contributed by atoms with van der Waals surface area (Å²) in [4.78, 5) is 28.2. The van der Waals surface area contributed by atoms with Gasteiger partial charge in [-0.3, -0.25) is 9.78 Å². The van der Waals surface area contributed by atoms with Crippen LogP contribution in [0, 0.1) is 5.82 Å². The van der Waals surface area contributed by atoms with E-state index < -0.39 is 0 Å². The van der Waals surface area contributed by atoms with Gasteiger partial charge in [-0.1, -0.05) is 12.1 Å². The molecule has 2 fully saturated rings. The summed E-state index contributed by atoms with van der Waals surface area (Å²) in [7, 11) is 0. The Labute approximate surface area is 185 Å². The third-order valence-corrected chi connectivity index (χ3v) is 5.85. The van der Waals surface area contributed by atoms with E-state index >= 15 is 0 Å². The van der Waals surface area contributed by atoms with Gasteiger partial charge in [-0.15, -0.1) is 0 Å². The number of morpholine rings is 1. The SMILES string of the molecule is O=C(c1cc(CN[C@@H]2C[C@H]2c2ccc(F)cc2)nc(-c2cccnc2)n1)N1CCOCC1. The standard InChI is InChI=1S/C24H24FN5O2/c25-18-5-3-16(4-6-18)20-13-21(20)27-15-19-12-22(24(31)30-8-10-32-11-9-30)29-23(28-19)17-2-1-7-26-14-17/h1-7,12,14,20-21,27H,8-11,13,15H2/t20-,21+/m0/s1. The van der Waals surface area contributed by atoms with Gasteiger partial charge >= 0.3 is 0 Å². The van der Waals surface area contributed by atoms with Crippen molar-refractivity contribution < 1.29 is 13.9 Å². The van der Waals surface area contributed by atoms with Gasteiger partial charge in [0.15, 0.2) is 5.82 Å². The van der Waals surface area contributed by atoms with Crippen molar-refractivity contribution in [2.24, 2.45) is 0 Å². The molecule has 1 aliphatic heterocycles. The minimum Gasteiger partial charge on any atom is -0.378 e. The number of rotatable bonds is 6. The van der Waals surface area contributed by atoms with Crippen LogP contribution in [0.1, 0.15) is 34.1 Å². The number of hydrogen-bond acceptors (Lipinski definition) is 6. The van der Waals surface area contributed by atoms with E-state index in [9.17, 15) is 9.18 Å². The number of ether oxygens (including phenoxy) is 1. The molecule has 5 rings (SSSR count). The molecule has 1 aliphatic carbocycles. The zero-order valence-corrected chi connectivity index (χ0v) is 17.6. The number of nitrogens with zero attached hydrogens (tertiary/aromatic N) is 4. The second kappa shape index (κ2) is 9.10. The molecular formula is C24H24FN5O2. The van der Waals surface area contributed by atoms with E-state index in [-0.39, 0.29) is 11.7 Å². The van der Waals surface area contributed by atoms with Crippen LogP contribution in [0.4, 0.5) is 4.39 Å². The Hall–Kier alpha value is -3.23. The maximum atomic E-state index is 13.2. The number of halogens is 1. The summed E-state index contributed by atoms with van der Waals surface area (Å²) in [6, 6.07) is 12.4. The fraction of sp³-hybridized carbons (Fsp3) is 0.333. The number of pyridine rings is 1. The van der Waals surface area contributed by atoms with Gasteiger partial charge in [0, 0.05) is 49.6 Å². The molecule has 2 atom stereocenters. The number of benzene rings is 1. The van der Waals surface area contributed by atoms with E-state index in [1.54, 1.807) is 23.4 Å². The summed E-state index contributed by atoms with van der Waals surface area (Å²) in [6.45, 7) is 2.70. The lowest BCUT2D eigenvalue weighted by Crippen LogP contribution is -2.41. The van der Waals surface area contributed by atoms with Crippen molar-refractivity contribution in [1.82, 2.24) is 25.2 Å². The molecule has 7 nitrogen and oxygen atoms in total. The van der Waals surface area contributed by atoms with Crippen molar-refractivity contribution in [1.29, 1.82) is 0 Å². The van der Waals surface area contributed by atoms with Gasteiger partial charge < -0.3 is 15.0 Å². The molecule has 3 aromatic rings. The molecule has 2 aromatic heterocycles. The monoisotopic (exact) mass is 433 g/mol. The lowest BCUT2D eigenvalue weighted by molar-refractivity contribution is 0.0299. The van der Waals surface area contributed by atoms with Gasteiger partial charge in [-0.25, -0.2) is 14.4 Å². The molecule has 1 saturated heterocycles. The first-order valence-corrected chi connectivity index (χ1v) is 10.8. The maximum absolute atomic E-state index is 13.2. The molecule has 3 heterocycles. The van der Waals surface area contributed by atoms with Gasteiger partial charge in [0.05, 0.1) is 18.9 Å². The number of amides is 1. The van der Waals surface area contributed by atoms with Crippen LogP contribution in [-0.2, 0) is 11.3 Å². The second-order valence-electron chi connectivity index (χ2n) is 8.10. The van der Waals surface area contributed by atoms with Crippen LogP contribution < -0.4 is 5.32 Å². The first kappa shape index (κ1) is 20.7. The molecule has 0 unspecified atom stereocenters. The lowest BCUT2D eigenvalue weighted by atomic mass is 10.1. The minimum absolute atomic E-state index is 0.113. The molecule has 8 heteroatoms. The Morgan fingerprint density at radius 2 is 1.97 bits per heavy atom. The highest BCUT2D eigenvalue weighted by molar-refractivity contribution is 5.93. The predicted molar refractivity (Wildman–Crippen MR) is 116 cm³/mol. The van der Waals surface area contributed by atoms with Gasteiger partial charge in [0.25, 0.3) is 5.91 Å². The van der Waals surface area contributed by atoms with Crippen molar-refractivity contribution in [2.45, 2.75) is 24.9 Å². The van der Waals surface area contributed by atoms with Crippen LogP contribution in [0.15, 0.2) is 54.9 Å². The van der Waals surface area contributed by atoms with Gasteiger partial charge in [0.1, 0.15) is 11.5 Å². The third kappa shape index (κ3) is 4.66. The Kier molecular flexibility index (Phi) is 5.87. The first-order valence-electron chi connectivity index (χ1n) is 10.8. The quantitative estimate of drug-likeness (QED) is 0.644. The van der Waals surface area contributed by atoms with Crippen molar-refractivity contribution in [3.8, 4) is 11.4 Å². The van der Waals surface area contributed by atoms with Crippen molar-refractivity contribution in [2.75, 3.05) is 26.3 Å². The van der Waals surface area contributed by atoms with Crippen molar-refractivity contribution in [3.63, 3.8) is 0 Å².